The van der Waals surface area contributed by atoms with Gasteiger partial charge in [-0.3, -0.25) is 0 Å². The van der Waals surface area contributed by atoms with Crippen molar-refractivity contribution in [1.29, 1.82) is 0 Å². The van der Waals surface area contributed by atoms with Crippen LogP contribution in [0.2, 0.25) is 0 Å². The van der Waals surface area contributed by atoms with E-state index in [2.05, 4.69) is 15.6 Å². The lowest BCUT2D eigenvalue weighted by molar-refractivity contribution is 0.555. The Bertz CT molecular complexity index is 633. The molecule has 1 aromatic heterocycles. The zero-order valence-electron chi connectivity index (χ0n) is 12.7. The number of halogens is 2. The molecule has 0 fully saturated rings. The Labute approximate surface area is 123 Å². The Morgan fingerprint density at radius 2 is 1.95 bits per heavy atom. The first-order chi connectivity index (χ1) is 10.0. The Morgan fingerprint density at radius 1 is 1.24 bits per heavy atom. The highest BCUT2D eigenvalue weighted by atomic mass is 19.1. The number of nitrogens with zero attached hydrogens (tertiary/aromatic N) is 3. The zero-order chi connectivity index (χ0) is 15.6. The summed E-state index contributed by atoms with van der Waals surface area (Å²) in [5.41, 5.74) is 1.94. The van der Waals surface area contributed by atoms with E-state index in [4.69, 9.17) is 0 Å². The SMILES string of the molecule is CCc1c(C(CC)NC)nnn1-c1cc(F)c(C)cc1F. The molecule has 1 aromatic carbocycles. The maximum atomic E-state index is 14.1. The lowest BCUT2D eigenvalue weighted by atomic mass is 10.1. The fourth-order valence-electron chi connectivity index (χ4n) is 2.44. The van der Waals surface area contributed by atoms with Crippen molar-refractivity contribution in [2.24, 2.45) is 0 Å². The molecular weight excluding hydrogens is 274 g/mol. The van der Waals surface area contributed by atoms with Crippen LogP contribution in [0.1, 0.15) is 43.3 Å². The number of aromatic nitrogens is 3. The van der Waals surface area contributed by atoms with Crippen LogP contribution in [-0.2, 0) is 6.42 Å². The van der Waals surface area contributed by atoms with E-state index in [1.807, 2.05) is 20.9 Å². The van der Waals surface area contributed by atoms with Crippen molar-refractivity contribution in [2.75, 3.05) is 7.05 Å². The second-order valence-electron chi connectivity index (χ2n) is 4.99. The van der Waals surface area contributed by atoms with E-state index in [1.165, 1.54) is 23.7 Å². The number of benzene rings is 1. The minimum Gasteiger partial charge on any atom is -0.312 e. The van der Waals surface area contributed by atoms with Crippen molar-refractivity contribution in [3.05, 3.63) is 40.7 Å². The summed E-state index contributed by atoms with van der Waals surface area (Å²) < 4.78 is 29.3. The average molecular weight is 294 g/mol. The summed E-state index contributed by atoms with van der Waals surface area (Å²) in [7, 11) is 1.85. The van der Waals surface area contributed by atoms with Crippen LogP contribution in [-0.4, -0.2) is 22.0 Å². The number of aryl methyl sites for hydroxylation is 1. The zero-order valence-corrected chi connectivity index (χ0v) is 12.7. The summed E-state index contributed by atoms with van der Waals surface area (Å²) in [5.74, 6) is -0.955. The fraction of sp³-hybridized carbons (Fsp3) is 0.467. The monoisotopic (exact) mass is 294 g/mol. The molecule has 0 saturated heterocycles. The minimum absolute atomic E-state index is 0.0482. The Morgan fingerprint density at radius 3 is 2.52 bits per heavy atom. The number of rotatable bonds is 5. The molecule has 0 aliphatic rings. The lowest BCUT2D eigenvalue weighted by Crippen LogP contribution is -2.17. The molecule has 6 heteroatoms. The predicted molar refractivity (Wildman–Crippen MR) is 77.5 cm³/mol. The van der Waals surface area contributed by atoms with Crippen LogP contribution in [0, 0.1) is 18.6 Å². The second-order valence-corrected chi connectivity index (χ2v) is 4.99. The van der Waals surface area contributed by atoms with Gasteiger partial charge in [0, 0.05) is 6.07 Å². The van der Waals surface area contributed by atoms with Crippen LogP contribution in [0.4, 0.5) is 8.78 Å². The van der Waals surface area contributed by atoms with Crippen molar-refractivity contribution < 1.29 is 8.78 Å². The average Bonchev–Trinajstić information content (AvgIpc) is 2.88. The van der Waals surface area contributed by atoms with Gasteiger partial charge in [-0.15, -0.1) is 5.10 Å². The molecule has 2 aromatic rings. The van der Waals surface area contributed by atoms with Crippen LogP contribution in [0.5, 0.6) is 0 Å². The van der Waals surface area contributed by atoms with Gasteiger partial charge in [-0.25, -0.2) is 13.5 Å². The van der Waals surface area contributed by atoms with E-state index in [0.29, 0.717) is 6.42 Å². The maximum Gasteiger partial charge on any atom is 0.149 e. The van der Waals surface area contributed by atoms with E-state index in [1.54, 1.807) is 0 Å². The first-order valence-corrected chi connectivity index (χ1v) is 7.11. The third-order valence-electron chi connectivity index (χ3n) is 3.67. The first-order valence-electron chi connectivity index (χ1n) is 7.11. The summed E-state index contributed by atoms with van der Waals surface area (Å²) in [4.78, 5) is 0. The van der Waals surface area contributed by atoms with Gasteiger partial charge >= 0.3 is 0 Å². The van der Waals surface area contributed by atoms with Gasteiger partial charge in [0.1, 0.15) is 23.0 Å². The van der Waals surface area contributed by atoms with Gasteiger partial charge in [0.25, 0.3) is 0 Å². The molecule has 0 amide bonds. The van der Waals surface area contributed by atoms with Gasteiger partial charge in [0.15, 0.2) is 0 Å². The van der Waals surface area contributed by atoms with E-state index < -0.39 is 11.6 Å². The van der Waals surface area contributed by atoms with Gasteiger partial charge in [-0.1, -0.05) is 19.1 Å². The molecule has 1 heterocycles. The molecule has 0 bridgehead atoms. The van der Waals surface area contributed by atoms with E-state index in [-0.39, 0.29) is 17.3 Å². The molecule has 4 nitrogen and oxygen atoms in total. The van der Waals surface area contributed by atoms with Gasteiger partial charge in [0.05, 0.1) is 11.7 Å². The van der Waals surface area contributed by atoms with Crippen LogP contribution >= 0.6 is 0 Å². The van der Waals surface area contributed by atoms with E-state index >= 15 is 0 Å². The standard InChI is InChI=1S/C15H20F2N4/c1-5-12(18-4)15-13(6-2)21(20-19-15)14-8-10(16)9(3)7-11(14)17/h7-8,12,18H,5-6H2,1-4H3. The van der Waals surface area contributed by atoms with Crippen molar-refractivity contribution in [3.63, 3.8) is 0 Å². The minimum atomic E-state index is -0.502. The predicted octanol–water partition coefficient (Wildman–Crippen LogP) is 3.09. The van der Waals surface area contributed by atoms with Crippen molar-refractivity contribution in [2.45, 2.75) is 39.7 Å². The number of hydrogen-bond donors (Lipinski definition) is 1. The maximum absolute atomic E-state index is 14.1. The van der Waals surface area contributed by atoms with Gasteiger partial charge in [-0.05, 0) is 38.4 Å². The Kier molecular flexibility index (Phi) is 4.67. The first kappa shape index (κ1) is 15.6. The molecule has 2 rings (SSSR count). The van der Waals surface area contributed by atoms with Crippen LogP contribution < -0.4 is 5.32 Å². The summed E-state index contributed by atoms with van der Waals surface area (Å²) in [6, 6.07) is 2.40. The summed E-state index contributed by atoms with van der Waals surface area (Å²) in [6.45, 7) is 5.51. The van der Waals surface area contributed by atoms with Gasteiger partial charge in [0.2, 0.25) is 0 Å². The molecule has 1 unspecified atom stereocenters. The highest BCUT2D eigenvalue weighted by molar-refractivity contribution is 5.38. The van der Waals surface area contributed by atoms with Crippen molar-refractivity contribution in [1.82, 2.24) is 20.3 Å². The molecule has 114 valence electrons. The van der Waals surface area contributed by atoms with Crippen LogP contribution in [0.25, 0.3) is 5.69 Å². The highest BCUT2D eigenvalue weighted by Gasteiger charge is 2.21. The highest BCUT2D eigenvalue weighted by Crippen LogP contribution is 2.24. The lowest BCUT2D eigenvalue weighted by Gasteiger charge is -2.13. The van der Waals surface area contributed by atoms with Crippen LogP contribution in [0.3, 0.4) is 0 Å². The van der Waals surface area contributed by atoms with Crippen molar-refractivity contribution >= 4 is 0 Å². The topological polar surface area (TPSA) is 42.7 Å². The number of nitrogens with one attached hydrogen (secondary N) is 1. The van der Waals surface area contributed by atoms with Crippen LogP contribution in [0.15, 0.2) is 12.1 Å². The van der Waals surface area contributed by atoms with Gasteiger partial charge in [-0.2, -0.15) is 0 Å². The molecule has 0 saturated carbocycles. The second kappa shape index (κ2) is 6.30. The summed E-state index contributed by atoms with van der Waals surface area (Å²) >= 11 is 0. The Balaban J connectivity index is 2.58. The quantitative estimate of drug-likeness (QED) is 0.921. The third-order valence-corrected chi connectivity index (χ3v) is 3.67. The molecule has 0 aliphatic heterocycles. The van der Waals surface area contributed by atoms with Crippen molar-refractivity contribution in [3.8, 4) is 5.69 Å². The van der Waals surface area contributed by atoms with E-state index in [9.17, 15) is 8.78 Å². The molecule has 0 radical (unpaired) electrons. The Hall–Kier alpha value is -1.82. The summed E-state index contributed by atoms with van der Waals surface area (Å²) in [6.07, 6.45) is 1.47. The summed E-state index contributed by atoms with van der Waals surface area (Å²) in [5, 5.41) is 11.3. The normalized spacial score (nSPS) is 12.7. The molecule has 0 aliphatic carbocycles. The smallest absolute Gasteiger partial charge is 0.149 e. The number of hydrogen-bond acceptors (Lipinski definition) is 3. The molecule has 0 spiro atoms. The largest absolute Gasteiger partial charge is 0.312 e. The molecule has 1 atom stereocenters. The molecule has 21 heavy (non-hydrogen) atoms. The molecular formula is C15H20F2N4. The van der Waals surface area contributed by atoms with E-state index in [0.717, 1.165) is 17.8 Å². The molecule has 1 N–H and O–H groups in total. The fourth-order valence-corrected chi connectivity index (χ4v) is 2.44. The third kappa shape index (κ3) is 2.81. The van der Waals surface area contributed by atoms with Gasteiger partial charge < -0.3 is 5.32 Å².